The number of hydrogen-bond acceptors (Lipinski definition) is 3. The van der Waals surface area contributed by atoms with Crippen LogP contribution in [0.15, 0.2) is 18.2 Å². The van der Waals surface area contributed by atoms with Crippen LogP contribution >= 0.6 is 0 Å². The molecule has 3 unspecified atom stereocenters. The highest BCUT2D eigenvalue weighted by Gasteiger charge is 2.40. The lowest BCUT2D eigenvalue weighted by molar-refractivity contribution is -0.132. The van der Waals surface area contributed by atoms with Gasteiger partial charge in [-0.05, 0) is 62.1 Å². The van der Waals surface area contributed by atoms with E-state index in [9.17, 15) is 14.0 Å². The van der Waals surface area contributed by atoms with Gasteiger partial charge in [0, 0.05) is 38.2 Å². The Labute approximate surface area is 154 Å². The quantitative estimate of drug-likeness (QED) is 0.774. The molecule has 1 heterocycles. The van der Waals surface area contributed by atoms with E-state index in [4.69, 9.17) is 0 Å². The molecule has 0 N–H and O–H groups in total. The molecule has 4 rings (SSSR count). The molecule has 0 radical (unpaired) electrons. The molecule has 26 heavy (non-hydrogen) atoms. The highest BCUT2D eigenvalue weighted by molar-refractivity contribution is 5.94. The van der Waals surface area contributed by atoms with Crippen LogP contribution in [0.3, 0.4) is 0 Å². The van der Waals surface area contributed by atoms with Gasteiger partial charge in [-0.15, -0.1) is 0 Å². The van der Waals surface area contributed by atoms with Crippen LogP contribution < -0.4 is 4.90 Å². The topological polar surface area (TPSA) is 40.6 Å². The van der Waals surface area contributed by atoms with Crippen molar-refractivity contribution in [3.05, 3.63) is 29.6 Å². The van der Waals surface area contributed by atoms with Crippen molar-refractivity contribution in [1.29, 1.82) is 0 Å². The highest BCUT2D eigenvalue weighted by Crippen LogP contribution is 2.49. The third-order valence-corrected chi connectivity index (χ3v) is 6.65. The second kappa shape index (κ2) is 7.01. The predicted molar refractivity (Wildman–Crippen MR) is 98.8 cm³/mol. The van der Waals surface area contributed by atoms with Crippen LogP contribution in [0.5, 0.6) is 0 Å². The molecule has 1 aromatic carbocycles. The first-order valence-corrected chi connectivity index (χ1v) is 9.84. The summed E-state index contributed by atoms with van der Waals surface area (Å²) in [6, 6.07) is 4.66. The number of hydrogen-bond donors (Lipinski definition) is 0. The summed E-state index contributed by atoms with van der Waals surface area (Å²) in [5, 5.41) is 0. The number of fused-ring (bicyclic) bond motifs is 2. The van der Waals surface area contributed by atoms with Gasteiger partial charge in [-0.1, -0.05) is 6.42 Å². The summed E-state index contributed by atoms with van der Waals surface area (Å²) < 4.78 is 14.3. The third kappa shape index (κ3) is 3.36. The first-order chi connectivity index (χ1) is 12.5. The summed E-state index contributed by atoms with van der Waals surface area (Å²) in [4.78, 5) is 27.9. The number of carbonyl (C=O) groups excluding carboxylic acids is 2. The molecule has 3 aliphatic rings. The highest BCUT2D eigenvalue weighted by atomic mass is 19.1. The molecule has 3 fully saturated rings. The number of piperazine rings is 1. The maximum Gasteiger partial charge on any atom is 0.222 e. The van der Waals surface area contributed by atoms with Crippen LogP contribution in [-0.4, -0.2) is 42.8 Å². The van der Waals surface area contributed by atoms with Gasteiger partial charge >= 0.3 is 0 Å². The van der Waals surface area contributed by atoms with Crippen LogP contribution in [0.2, 0.25) is 0 Å². The zero-order valence-corrected chi connectivity index (χ0v) is 15.4. The lowest BCUT2D eigenvalue weighted by atomic mass is 9.86. The van der Waals surface area contributed by atoms with Crippen molar-refractivity contribution in [3.8, 4) is 0 Å². The number of carbonyl (C=O) groups is 2. The van der Waals surface area contributed by atoms with Gasteiger partial charge < -0.3 is 9.80 Å². The number of rotatable bonds is 4. The van der Waals surface area contributed by atoms with E-state index in [-0.39, 0.29) is 17.5 Å². The number of nitrogens with zero attached hydrogens (tertiary/aromatic N) is 2. The molecule has 5 heteroatoms. The molecule has 3 atom stereocenters. The number of ketones is 1. The van der Waals surface area contributed by atoms with Crippen LogP contribution in [0.25, 0.3) is 0 Å². The van der Waals surface area contributed by atoms with E-state index >= 15 is 0 Å². The number of Topliss-reactive ketones (excluding diaryl/α,β-unsaturated/α-hetero) is 1. The average molecular weight is 358 g/mol. The van der Waals surface area contributed by atoms with E-state index in [0.717, 1.165) is 11.8 Å². The van der Waals surface area contributed by atoms with Crippen LogP contribution in [0.4, 0.5) is 10.1 Å². The zero-order chi connectivity index (χ0) is 18.3. The number of anilines is 1. The first-order valence-electron chi connectivity index (χ1n) is 9.84. The fraction of sp³-hybridized carbons (Fsp3) is 0.619. The smallest absolute Gasteiger partial charge is 0.222 e. The van der Waals surface area contributed by atoms with Gasteiger partial charge in [0.1, 0.15) is 5.82 Å². The summed E-state index contributed by atoms with van der Waals surface area (Å²) in [5.74, 6) is 2.02. The molecular formula is C21H27FN2O2. The number of halogens is 1. The largest absolute Gasteiger partial charge is 0.366 e. The van der Waals surface area contributed by atoms with Crippen molar-refractivity contribution >= 4 is 17.4 Å². The van der Waals surface area contributed by atoms with Crippen LogP contribution in [0, 0.1) is 23.6 Å². The molecule has 2 bridgehead atoms. The molecule has 0 spiro atoms. The Morgan fingerprint density at radius 1 is 1.12 bits per heavy atom. The fourth-order valence-electron chi connectivity index (χ4n) is 5.16. The minimum atomic E-state index is -0.362. The second-order valence-electron chi connectivity index (χ2n) is 8.23. The molecule has 140 valence electrons. The Hall–Kier alpha value is -1.91. The average Bonchev–Trinajstić information content (AvgIpc) is 3.24. The van der Waals surface area contributed by atoms with E-state index < -0.39 is 0 Å². The number of amides is 1. The van der Waals surface area contributed by atoms with E-state index in [1.54, 1.807) is 12.1 Å². The fourth-order valence-corrected chi connectivity index (χ4v) is 5.16. The molecule has 1 aliphatic heterocycles. The summed E-state index contributed by atoms with van der Waals surface area (Å²) in [7, 11) is 0. The molecule has 2 aliphatic carbocycles. The van der Waals surface area contributed by atoms with Crippen LogP contribution in [-0.2, 0) is 4.79 Å². The second-order valence-corrected chi connectivity index (χ2v) is 8.23. The van der Waals surface area contributed by atoms with Crippen molar-refractivity contribution in [1.82, 2.24) is 4.90 Å². The molecule has 4 nitrogen and oxygen atoms in total. The zero-order valence-electron chi connectivity index (χ0n) is 15.4. The SMILES string of the molecule is CC(=O)c1ccc(N2CCN(C(=O)CC3CC4CCC3C4)CC2)c(F)c1. The van der Waals surface area contributed by atoms with Crippen molar-refractivity contribution in [3.63, 3.8) is 0 Å². The molecule has 1 amide bonds. The van der Waals surface area contributed by atoms with Gasteiger partial charge in [-0.2, -0.15) is 0 Å². The van der Waals surface area contributed by atoms with Crippen molar-refractivity contribution in [2.45, 2.75) is 39.0 Å². The Kier molecular flexibility index (Phi) is 4.72. The Balaban J connectivity index is 1.32. The minimum absolute atomic E-state index is 0.133. The summed E-state index contributed by atoms with van der Waals surface area (Å²) >= 11 is 0. The third-order valence-electron chi connectivity index (χ3n) is 6.65. The molecule has 2 saturated carbocycles. The van der Waals surface area contributed by atoms with Gasteiger partial charge in [0.05, 0.1) is 5.69 Å². The maximum absolute atomic E-state index is 14.3. The van der Waals surface area contributed by atoms with Gasteiger partial charge in [0.25, 0.3) is 0 Å². The van der Waals surface area contributed by atoms with E-state index in [2.05, 4.69) is 0 Å². The summed E-state index contributed by atoms with van der Waals surface area (Å²) in [6.07, 6.45) is 5.95. The Bertz CT molecular complexity index is 712. The van der Waals surface area contributed by atoms with E-state index in [1.807, 2.05) is 9.80 Å². The molecule has 1 saturated heterocycles. The lowest BCUT2D eigenvalue weighted by Crippen LogP contribution is -2.49. The van der Waals surface area contributed by atoms with Crippen molar-refractivity contribution in [2.75, 3.05) is 31.1 Å². The Morgan fingerprint density at radius 2 is 1.88 bits per heavy atom. The van der Waals surface area contributed by atoms with E-state index in [0.29, 0.717) is 49.8 Å². The molecule has 0 aromatic heterocycles. The Morgan fingerprint density at radius 3 is 2.46 bits per heavy atom. The normalized spacial score (nSPS) is 27.8. The standard InChI is InChI=1S/C21H27FN2O2/c1-14(25)16-4-5-20(19(22)12-16)23-6-8-24(9-7-23)21(26)13-18-11-15-2-3-17(18)10-15/h4-5,12,15,17-18H,2-3,6-11,13H2,1H3. The number of benzene rings is 1. The van der Waals surface area contributed by atoms with Gasteiger partial charge in [0.2, 0.25) is 5.91 Å². The summed E-state index contributed by atoms with van der Waals surface area (Å²) in [5.41, 5.74) is 0.918. The summed E-state index contributed by atoms with van der Waals surface area (Å²) in [6.45, 7) is 4.01. The molecule has 1 aromatic rings. The predicted octanol–water partition coefficient (Wildman–Crippen LogP) is 3.50. The first kappa shape index (κ1) is 17.5. The van der Waals surface area contributed by atoms with Crippen LogP contribution in [0.1, 0.15) is 49.4 Å². The lowest BCUT2D eigenvalue weighted by Gasteiger charge is -2.37. The van der Waals surface area contributed by atoms with Gasteiger partial charge in [-0.3, -0.25) is 9.59 Å². The van der Waals surface area contributed by atoms with Crippen molar-refractivity contribution < 1.29 is 14.0 Å². The molecular weight excluding hydrogens is 331 g/mol. The minimum Gasteiger partial charge on any atom is -0.366 e. The van der Waals surface area contributed by atoms with Gasteiger partial charge in [0.15, 0.2) is 5.78 Å². The van der Waals surface area contributed by atoms with E-state index in [1.165, 1.54) is 38.7 Å². The van der Waals surface area contributed by atoms with Crippen molar-refractivity contribution in [2.24, 2.45) is 17.8 Å². The maximum atomic E-state index is 14.3. The monoisotopic (exact) mass is 358 g/mol. The van der Waals surface area contributed by atoms with Gasteiger partial charge in [-0.25, -0.2) is 4.39 Å².